The van der Waals surface area contributed by atoms with E-state index in [0.29, 0.717) is 35.5 Å². The average Bonchev–Trinajstić information content (AvgIpc) is 3.21. The average molecular weight is 518 g/mol. The maximum Gasteiger partial charge on any atom is 0.311 e. The van der Waals surface area contributed by atoms with Gasteiger partial charge in [-0.1, -0.05) is 41.0 Å². The Labute approximate surface area is 205 Å². The summed E-state index contributed by atoms with van der Waals surface area (Å²) >= 11 is 14.9. The summed E-state index contributed by atoms with van der Waals surface area (Å²) in [6, 6.07) is 5.65. The predicted molar refractivity (Wildman–Crippen MR) is 128 cm³/mol. The highest BCUT2D eigenvalue weighted by Gasteiger charge is 2.21. The number of rotatable bonds is 10. The lowest BCUT2D eigenvalue weighted by molar-refractivity contribution is -0.142. The molecule has 1 aromatic carbocycles. The van der Waals surface area contributed by atoms with Crippen LogP contribution in [0.25, 0.3) is 0 Å². The number of ether oxygens (including phenoxy) is 2. The van der Waals surface area contributed by atoms with Gasteiger partial charge < -0.3 is 14.8 Å². The standard InChI is InChI=1S/C21H25Cl2N3O4S2/c1-2-29-20(28)8-15-12-31-21(25-15)32-13-19(27)24-9-16-11-26(5-6-30-16)10-14-3-4-17(22)18(23)7-14/h3-4,7,12,16H,2,5-6,8-11,13H2,1H3,(H,24,27)/t16-/m0/s1. The third kappa shape index (κ3) is 8.20. The number of hydrogen-bond acceptors (Lipinski definition) is 8. The molecule has 1 aliphatic heterocycles. The van der Waals surface area contributed by atoms with Gasteiger partial charge in [-0.2, -0.15) is 0 Å². The van der Waals surface area contributed by atoms with E-state index in [1.54, 1.807) is 13.0 Å². The van der Waals surface area contributed by atoms with Crippen LogP contribution in [0.2, 0.25) is 10.0 Å². The van der Waals surface area contributed by atoms with Gasteiger partial charge in [0.15, 0.2) is 4.34 Å². The van der Waals surface area contributed by atoms with Gasteiger partial charge in [0.25, 0.3) is 0 Å². The van der Waals surface area contributed by atoms with E-state index in [4.69, 9.17) is 32.7 Å². The number of amides is 1. The van der Waals surface area contributed by atoms with Crippen LogP contribution in [0.5, 0.6) is 0 Å². The number of aromatic nitrogens is 1. The van der Waals surface area contributed by atoms with Gasteiger partial charge in [-0.3, -0.25) is 14.5 Å². The van der Waals surface area contributed by atoms with Gasteiger partial charge in [0.05, 0.1) is 47.2 Å². The third-order valence-electron chi connectivity index (χ3n) is 4.63. The van der Waals surface area contributed by atoms with Crippen LogP contribution >= 0.6 is 46.3 Å². The summed E-state index contributed by atoms with van der Waals surface area (Å²) < 4.78 is 11.5. The molecule has 2 heterocycles. The minimum Gasteiger partial charge on any atom is -0.466 e. The molecule has 11 heteroatoms. The molecule has 1 N–H and O–H groups in total. The van der Waals surface area contributed by atoms with Crippen molar-refractivity contribution in [3.8, 4) is 0 Å². The zero-order chi connectivity index (χ0) is 22.9. The molecule has 0 aliphatic carbocycles. The van der Waals surface area contributed by atoms with Crippen molar-refractivity contribution in [2.45, 2.75) is 30.3 Å². The Morgan fingerprint density at radius 1 is 1.38 bits per heavy atom. The van der Waals surface area contributed by atoms with E-state index in [9.17, 15) is 9.59 Å². The SMILES string of the molecule is CCOC(=O)Cc1csc(SCC(=O)NC[C@H]2CN(Cc3ccc(Cl)c(Cl)c3)CCO2)n1. The molecule has 1 aliphatic rings. The molecule has 0 unspecified atom stereocenters. The minimum absolute atomic E-state index is 0.0727. The van der Waals surface area contributed by atoms with Gasteiger partial charge >= 0.3 is 5.97 Å². The molecular formula is C21H25Cl2N3O4S2. The topological polar surface area (TPSA) is 80.8 Å². The van der Waals surface area contributed by atoms with E-state index >= 15 is 0 Å². The number of morpholine rings is 1. The number of nitrogens with zero attached hydrogens (tertiary/aromatic N) is 2. The van der Waals surface area contributed by atoms with E-state index in [1.165, 1.54) is 23.1 Å². The van der Waals surface area contributed by atoms with E-state index in [-0.39, 0.29) is 30.2 Å². The first-order chi connectivity index (χ1) is 15.4. The van der Waals surface area contributed by atoms with Gasteiger partial charge in [0, 0.05) is 31.6 Å². The Balaban J connectivity index is 1.37. The number of nitrogens with one attached hydrogen (secondary N) is 1. The molecular weight excluding hydrogens is 493 g/mol. The molecule has 2 aromatic rings. The number of carbonyl (C=O) groups excluding carboxylic acids is 2. The monoisotopic (exact) mass is 517 g/mol. The molecule has 0 saturated carbocycles. The summed E-state index contributed by atoms with van der Waals surface area (Å²) in [7, 11) is 0. The maximum absolute atomic E-state index is 12.2. The number of hydrogen-bond donors (Lipinski definition) is 1. The summed E-state index contributed by atoms with van der Waals surface area (Å²) in [6.07, 6.45) is 0.0750. The zero-order valence-corrected chi connectivity index (χ0v) is 20.8. The second-order valence-electron chi connectivity index (χ2n) is 7.16. The number of halogens is 2. The van der Waals surface area contributed by atoms with Crippen LogP contribution in [0.4, 0.5) is 0 Å². The van der Waals surface area contributed by atoms with Gasteiger partial charge in [-0.15, -0.1) is 11.3 Å². The van der Waals surface area contributed by atoms with E-state index in [2.05, 4.69) is 15.2 Å². The van der Waals surface area contributed by atoms with Crippen LogP contribution in [-0.2, 0) is 32.0 Å². The fourth-order valence-corrected chi connectivity index (χ4v) is 5.14. The summed E-state index contributed by atoms with van der Waals surface area (Å²) in [5.74, 6) is -0.123. The van der Waals surface area contributed by atoms with Crippen LogP contribution in [0.3, 0.4) is 0 Å². The zero-order valence-electron chi connectivity index (χ0n) is 17.6. The highest BCUT2D eigenvalue weighted by Crippen LogP contribution is 2.24. The van der Waals surface area contributed by atoms with Crippen molar-refractivity contribution in [3.63, 3.8) is 0 Å². The second-order valence-corrected chi connectivity index (χ2v) is 10.1. The highest BCUT2D eigenvalue weighted by atomic mass is 35.5. The molecule has 0 spiro atoms. The molecule has 0 bridgehead atoms. The van der Waals surface area contributed by atoms with Crippen LogP contribution in [0.1, 0.15) is 18.2 Å². The Morgan fingerprint density at radius 2 is 2.22 bits per heavy atom. The third-order valence-corrected chi connectivity index (χ3v) is 7.44. The fraction of sp³-hybridized carbons (Fsp3) is 0.476. The summed E-state index contributed by atoms with van der Waals surface area (Å²) in [4.78, 5) is 30.4. The first-order valence-electron chi connectivity index (χ1n) is 10.2. The predicted octanol–water partition coefficient (Wildman–Crippen LogP) is 3.66. The van der Waals surface area contributed by atoms with Crippen molar-refractivity contribution in [1.82, 2.24) is 15.2 Å². The number of carbonyl (C=O) groups is 2. The van der Waals surface area contributed by atoms with Crippen molar-refractivity contribution in [1.29, 1.82) is 0 Å². The van der Waals surface area contributed by atoms with Gasteiger partial charge in [0.1, 0.15) is 0 Å². The largest absolute Gasteiger partial charge is 0.466 e. The number of thiazole rings is 1. The highest BCUT2D eigenvalue weighted by molar-refractivity contribution is 8.01. The van der Waals surface area contributed by atoms with Crippen LogP contribution in [0, 0.1) is 0 Å². The lowest BCUT2D eigenvalue weighted by Gasteiger charge is -2.33. The molecule has 1 amide bonds. The van der Waals surface area contributed by atoms with Crippen LogP contribution in [0.15, 0.2) is 27.9 Å². The Morgan fingerprint density at radius 3 is 3.00 bits per heavy atom. The quantitative estimate of drug-likeness (QED) is 0.380. The first kappa shape index (κ1) is 25.3. The minimum atomic E-state index is -0.298. The smallest absolute Gasteiger partial charge is 0.311 e. The Hall–Kier alpha value is -1.36. The molecule has 3 rings (SSSR count). The van der Waals surface area contributed by atoms with Crippen LogP contribution in [-0.4, -0.2) is 66.5 Å². The van der Waals surface area contributed by atoms with E-state index < -0.39 is 0 Å². The molecule has 174 valence electrons. The van der Waals surface area contributed by atoms with Crippen LogP contribution < -0.4 is 5.32 Å². The number of thioether (sulfide) groups is 1. The van der Waals surface area contributed by atoms with Crippen molar-refractivity contribution in [2.75, 3.05) is 38.6 Å². The van der Waals surface area contributed by atoms with E-state index in [1.807, 2.05) is 17.5 Å². The Bertz CT molecular complexity index is 928. The lowest BCUT2D eigenvalue weighted by Crippen LogP contribution is -2.47. The molecule has 1 saturated heterocycles. The first-order valence-corrected chi connectivity index (χ1v) is 12.8. The van der Waals surface area contributed by atoms with Crippen molar-refractivity contribution >= 4 is 58.2 Å². The van der Waals surface area contributed by atoms with Crippen molar-refractivity contribution in [3.05, 3.63) is 44.9 Å². The Kier molecular flexibility index (Phi) is 10.1. The van der Waals surface area contributed by atoms with Gasteiger partial charge in [0.2, 0.25) is 5.91 Å². The van der Waals surface area contributed by atoms with Crippen molar-refractivity contribution < 1.29 is 19.1 Å². The fourth-order valence-electron chi connectivity index (χ4n) is 3.15. The van der Waals surface area contributed by atoms with Crippen molar-refractivity contribution in [2.24, 2.45) is 0 Å². The summed E-state index contributed by atoms with van der Waals surface area (Å²) in [5.41, 5.74) is 1.75. The normalized spacial score (nSPS) is 16.7. The second kappa shape index (κ2) is 12.8. The molecule has 7 nitrogen and oxygen atoms in total. The lowest BCUT2D eigenvalue weighted by atomic mass is 10.2. The summed E-state index contributed by atoms with van der Waals surface area (Å²) in [6.45, 7) is 5.46. The molecule has 1 atom stereocenters. The van der Waals surface area contributed by atoms with E-state index in [0.717, 1.165) is 29.5 Å². The van der Waals surface area contributed by atoms with Gasteiger partial charge in [-0.05, 0) is 24.6 Å². The molecule has 1 fully saturated rings. The summed E-state index contributed by atoms with van der Waals surface area (Å²) in [5, 5.41) is 5.84. The van der Waals surface area contributed by atoms with Gasteiger partial charge in [-0.25, -0.2) is 4.98 Å². The molecule has 0 radical (unpaired) electrons. The number of benzene rings is 1. The molecule has 32 heavy (non-hydrogen) atoms. The number of esters is 1. The maximum atomic E-state index is 12.2. The molecule has 1 aromatic heterocycles.